The van der Waals surface area contributed by atoms with E-state index in [0.717, 1.165) is 5.52 Å². The molecule has 2 heteroatoms. The Morgan fingerprint density at radius 1 is 1.07 bits per heavy atom. The molecule has 72 valence electrons. The molecule has 0 fully saturated rings. The van der Waals surface area contributed by atoms with Crippen LogP contribution in [-0.2, 0) is 0 Å². The molecule has 1 nitrogen and oxygen atoms in total. The summed E-state index contributed by atoms with van der Waals surface area (Å²) in [5, 5.41) is 1.77. The fourth-order valence-electron chi connectivity index (χ4n) is 1.66. The molecule has 2 rings (SSSR count). The third-order valence-electron chi connectivity index (χ3n) is 2.68. The van der Waals surface area contributed by atoms with Crippen LogP contribution < -0.4 is 0 Å². The number of hydrogen-bond acceptors (Lipinski definition) is 1. The van der Waals surface area contributed by atoms with Crippen LogP contribution in [0.4, 0.5) is 0 Å². The molecule has 2 aromatic rings. The lowest BCUT2D eigenvalue weighted by molar-refractivity contribution is 1.29. The minimum absolute atomic E-state index is 0.573. The van der Waals surface area contributed by atoms with E-state index in [-0.39, 0.29) is 0 Å². The first-order chi connectivity index (χ1) is 6.59. The smallest absolute Gasteiger partial charge is 0.130 e. The van der Waals surface area contributed by atoms with Crippen molar-refractivity contribution in [2.75, 3.05) is 0 Å². The summed E-state index contributed by atoms with van der Waals surface area (Å²) in [5.74, 6) is 0. The Labute approximate surface area is 88.7 Å². The molecule has 1 aromatic heterocycles. The van der Waals surface area contributed by atoms with Gasteiger partial charge in [0.15, 0.2) is 0 Å². The standard InChI is InChI=1S/C12H12ClN/c1-7-4-5-10-8(2)6-11(13)14-12(10)9(7)3/h4-6H,1-3H3. The van der Waals surface area contributed by atoms with E-state index in [2.05, 4.69) is 37.9 Å². The summed E-state index contributed by atoms with van der Waals surface area (Å²) in [7, 11) is 0. The second-order valence-electron chi connectivity index (χ2n) is 3.67. The Hall–Kier alpha value is -1.08. The van der Waals surface area contributed by atoms with E-state index in [4.69, 9.17) is 11.6 Å². The molecular weight excluding hydrogens is 194 g/mol. The van der Waals surface area contributed by atoms with E-state index in [1.54, 1.807) is 0 Å². The van der Waals surface area contributed by atoms with Crippen molar-refractivity contribution in [1.82, 2.24) is 4.98 Å². The largest absolute Gasteiger partial charge is 0.236 e. The normalized spacial score (nSPS) is 10.9. The maximum atomic E-state index is 5.94. The van der Waals surface area contributed by atoms with Gasteiger partial charge in [-0.1, -0.05) is 23.7 Å². The topological polar surface area (TPSA) is 12.9 Å². The van der Waals surface area contributed by atoms with Crippen molar-refractivity contribution in [3.8, 4) is 0 Å². The number of hydrogen-bond donors (Lipinski definition) is 0. The Kier molecular flexibility index (Phi) is 2.20. The predicted octanol–water partition coefficient (Wildman–Crippen LogP) is 3.81. The monoisotopic (exact) mass is 205 g/mol. The summed E-state index contributed by atoms with van der Waals surface area (Å²) in [6, 6.07) is 6.13. The molecule has 0 bridgehead atoms. The lowest BCUT2D eigenvalue weighted by Crippen LogP contribution is -1.90. The summed E-state index contributed by atoms with van der Waals surface area (Å²) in [6.45, 7) is 6.23. The van der Waals surface area contributed by atoms with Crippen molar-refractivity contribution in [3.05, 3.63) is 40.0 Å². The highest BCUT2D eigenvalue weighted by Crippen LogP contribution is 2.24. The molecule has 0 spiro atoms. The van der Waals surface area contributed by atoms with Gasteiger partial charge in [-0.2, -0.15) is 0 Å². The summed E-state index contributed by atoms with van der Waals surface area (Å²) < 4.78 is 0. The average molecular weight is 206 g/mol. The van der Waals surface area contributed by atoms with Crippen LogP contribution in [0, 0.1) is 20.8 Å². The molecule has 1 aromatic carbocycles. The number of aromatic nitrogens is 1. The van der Waals surface area contributed by atoms with Crippen LogP contribution in [0.25, 0.3) is 10.9 Å². The quantitative estimate of drug-likeness (QED) is 0.596. The predicted molar refractivity (Wildman–Crippen MR) is 61.0 cm³/mol. The van der Waals surface area contributed by atoms with Crippen molar-refractivity contribution >= 4 is 22.5 Å². The van der Waals surface area contributed by atoms with E-state index in [1.165, 1.54) is 22.1 Å². The van der Waals surface area contributed by atoms with E-state index in [1.807, 2.05) is 6.07 Å². The van der Waals surface area contributed by atoms with Gasteiger partial charge in [-0.05, 0) is 43.5 Å². The maximum Gasteiger partial charge on any atom is 0.130 e. The third kappa shape index (κ3) is 1.38. The van der Waals surface area contributed by atoms with Crippen molar-refractivity contribution < 1.29 is 0 Å². The molecule has 0 amide bonds. The molecule has 0 atom stereocenters. The van der Waals surface area contributed by atoms with Gasteiger partial charge in [0.05, 0.1) is 5.52 Å². The van der Waals surface area contributed by atoms with E-state index >= 15 is 0 Å². The van der Waals surface area contributed by atoms with Crippen molar-refractivity contribution in [2.24, 2.45) is 0 Å². The molecular formula is C12H12ClN. The zero-order chi connectivity index (χ0) is 10.3. The van der Waals surface area contributed by atoms with Crippen LogP contribution in [0.5, 0.6) is 0 Å². The zero-order valence-corrected chi connectivity index (χ0v) is 9.31. The number of aryl methyl sites for hydroxylation is 3. The van der Waals surface area contributed by atoms with Crippen LogP contribution in [0.3, 0.4) is 0 Å². The fraction of sp³-hybridized carbons (Fsp3) is 0.250. The number of rotatable bonds is 0. The minimum atomic E-state index is 0.573. The molecule has 14 heavy (non-hydrogen) atoms. The first-order valence-electron chi connectivity index (χ1n) is 4.62. The minimum Gasteiger partial charge on any atom is -0.236 e. The van der Waals surface area contributed by atoms with Crippen LogP contribution in [0.1, 0.15) is 16.7 Å². The third-order valence-corrected chi connectivity index (χ3v) is 2.87. The van der Waals surface area contributed by atoms with Crippen LogP contribution in [-0.4, -0.2) is 4.98 Å². The van der Waals surface area contributed by atoms with Gasteiger partial charge < -0.3 is 0 Å². The molecule has 0 radical (unpaired) electrons. The van der Waals surface area contributed by atoms with Gasteiger partial charge in [0.2, 0.25) is 0 Å². The highest BCUT2D eigenvalue weighted by atomic mass is 35.5. The van der Waals surface area contributed by atoms with Gasteiger partial charge in [0, 0.05) is 5.39 Å². The Balaban J connectivity index is 2.95. The average Bonchev–Trinajstić information content (AvgIpc) is 2.12. The van der Waals surface area contributed by atoms with Crippen molar-refractivity contribution in [3.63, 3.8) is 0 Å². The summed E-state index contributed by atoms with van der Waals surface area (Å²) in [6.07, 6.45) is 0. The molecule has 0 aliphatic heterocycles. The summed E-state index contributed by atoms with van der Waals surface area (Å²) in [4.78, 5) is 4.36. The van der Waals surface area contributed by atoms with E-state index in [0.29, 0.717) is 5.15 Å². The van der Waals surface area contributed by atoms with Gasteiger partial charge in [-0.25, -0.2) is 4.98 Å². The van der Waals surface area contributed by atoms with Gasteiger partial charge in [-0.15, -0.1) is 0 Å². The molecule has 0 saturated heterocycles. The zero-order valence-electron chi connectivity index (χ0n) is 8.56. The molecule has 0 aliphatic carbocycles. The SMILES string of the molecule is Cc1ccc2c(C)cc(Cl)nc2c1C. The van der Waals surface area contributed by atoms with Crippen molar-refractivity contribution in [2.45, 2.75) is 20.8 Å². The van der Waals surface area contributed by atoms with Crippen molar-refractivity contribution in [1.29, 1.82) is 0 Å². The van der Waals surface area contributed by atoms with Crippen LogP contribution >= 0.6 is 11.6 Å². The second kappa shape index (κ2) is 3.25. The fourth-order valence-corrected chi connectivity index (χ4v) is 1.91. The highest BCUT2D eigenvalue weighted by Gasteiger charge is 2.05. The number of pyridine rings is 1. The summed E-state index contributed by atoms with van der Waals surface area (Å²) in [5.41, 5.74) is 4.68. The number of halogens is 1. The first kappa shape index (κ1) is 9.47. The number of benzene rings is 1. The molecule has 0 unspecified atom stereocenters. The van der Waals surface area contributed by atoms with Crippen LogP contribution in [0.2, 0.25) is 5.15 Å². The number of fused-ring (bicyclic) bond motifs is 1. The number of nitrogens with zero attached hydrogens (tertiary/aromatic N) is 1. The van der Waals surface area contributed by atoms with E-state index in [9.17, 15) is 0 Å². The lowest BCUT2D eigenvalue weighted by atomic mass is 10.0. The van der Waals surface area contributed by atoms with Gasteiger partial charge in [-0.3, -0.25) is 0 Å². The van der Waals surface area contributed by atoms with Gasteiger partial charge in [0.25, 0.3) is 0 Å². The van der Waals surface area contributed by atoms with Gasteiger partial charge >= 0.3 is 0 Å². The van der Waals surface area contributed by atoms with Crippen LogP contribution in [0.15, 0.2) is 18.2 Å². The molecule has 0 saturated carbocycles. The lowest BCUT2D eigenvalue weighted by Gasteiger charge is -2.07. The van der Waals surface area contributed by atoms with Gasteiger partial charge in [0.1, 0.15) is 5.15 Å². The van der Waals surface area contributed by atoms with E-state index < -0.39 is 0 Å². The Morgan fingerprint density at radius 2 is 1.79 bits per heavy atom. The Bertz CT molecular complexity index is 503. The molecule has 0 aliphatic rings. The summed E-state index contributed by atoms with van der Waals surface area (Å²) >= 11 is 5.94. The second-order valence-corrected chi connectivity index (χ2v) is 4.05. The first-order valence-corrected chi connectivity index (χ1v) is 5.00. The molecule has 1 heterocycles. The highest BCUT2D eigenvalue weighted by molar-refractivity contribution is 6.30. The maximum absolute atomic E-state index is 5.94. The Morgan fingerprint density at radius 3 is 2.50 bits per heavy atom. The molecule has 0 N–H and O–H groups in total.